The Bertz CT molecular complexity index is 1030. The highest BCUT2D eigenvalue weighted by molar-refractivity contribution is 5.96. The third-order valence-electron chi connectivity index (χ3n) is 4.48. The van der Waals surface area contributed by atoms with Crippen molar-refractivity contribution in [1.82, 2.24) is 19.6 Å². The van der Waals surface area contributed by atoms with Crippen molar-refractivity contribution in [2.45, 2.75) is 46.0 Å². The van der Waals surface area contributed by atoms with Gasteiger partial charge in [0.15, 0.2) is 6.61 Å². The Balaban J connectivity index is 1.65. The van der Waals surface area contributed by atoms with Gasteiger partial charge >= 0.3 is 5.97 Å². The van der Waals surface area contributed by atoms with Crippen molar-refractivity contribution in [3.8, 4) is 0 Å². The van der Waals surface area contributed by atoms with Crippen molar-refractivity contribution < 1.29 is 14.3 Å². The number of ether oxygens (including phenoxy) is 1. The zero-order valence-corrected chi connectivity index (χ0v) is 17.3. The van der Waals surface area contributed by atoms with Crippen LogP contribution in [0.1, 0.15) is 62.2 Å². The van der Waals surface area contributed by atoms with Crippen LogP contribution in [-0.2, 0) is 14.9 Å². The third-order valence-corrected chi connectivity index (χ3v) is 4.48. The van der Waals surface area contributed by atoms with Crippen LogP contribution in [0.4, 0.5) is 5.69 Å². The smallest absolute Gasteiger partial charge is 0.342 e. The minimum absolute atomic E-state index is 0.0140. The number of aromatic nitrogens is 4. The van der Waals surface area contributed by atoms with E-state index in [0.29, 0.717) is 17.2 Å². The van der Waals surface area contributed by atoms with E-state index in [1.54, 1.807) is 0 Å². The molecule has 0 aliphatic rings. The van der Waals surface area contributed by atoms with Crippen molar-refractivity contribution in [1.29, 1.82) is 0 Å². The number of fused-ring (bicyclic) bond motifs is 1. The van der Waals surface area contributed by atoms with Crippen molar-refractivity contribution in [2.75, 3.05) is 11.9 Å². The lowest BCUT2D eigenvalue weighted by Gasteiger charge is -2.19. The van der Waals surface area contributed by atoms with Crippen molar-refractivity contribution in [2.24, 2.45) is 0 Å². The summed E-state index contributed by atoms with van der Waals surface area (Å²) >= 11 is 0. The first-order chi connectivity index (χ1) is 13.7. The standard InChI is InChI=1S/C21H25N5O3/c1-13(2)18-16(10-22-20-23-12-24-26(18)20)19(28)29-11-17(27)25-15-8-6-14(7-9-15)21(3,4)5/h6-10,12-13H,11H2,1-5H3,(H,25,27). The lowest BCUT2D eigenvalue weighted by molar-refractivity contribution is -0.119. The number of carbonyl (C=O) groups excluding carboxylic acids is 2. The molecule has 0 saturated heterocycles. The first kappa shape index (κ1) is 20.4. The normalized spacial score (nSPS) is 11.7. The number of hydrogen-bond donors (Lipinski definition) is 1. The summed E-state index contributed by atoms with van der Waals surface area (Å²) < 4.78 is 6.72. The zero-order chi connectivity index (χ0) is 21.2. The maximum Gasteiger partial charge on any atom is 0.342 e. The van der Waals surface area contributed by atoms with Crippen molar-refractivity contribution >= 4 is 23.3 Å². The van der Waals surface area contributed by atoms with Crippen LogP contribution in [0.25, 0.3) is 5.78 Å². The number of anilines is 1. The van der Waals surface area contributed by atoms with E-state index in [1.807, 2.05) is 38.1 Å². The Kier molecular flexibility index (Phi) is 5.63. The molecule has 1 aromatic carbocycles. The van der Waals surface area contributed by atoms with E-state index in [0.717, 1.165) is 0 Å². The van der Waals surface area contributed by atoms with E-state index in [9.17, 15) is 9.59 Å². The van der Waals surface area contributed by atoms with Gasteiger partial charge in [0, 0.05) is 11.9 Å². The Morgan fingerprint density at radius 2 is 1.83 bits per heavy atom. The number of hydrogen-bond acceptors (Lipinski definition) is 6. The predicted molar refractivity (Wildman–Crippen MR) is 109 cm³/mol. The molecule has 0 fully saturated rings. The maximum atomic E-state index is 12.5. The Morgan fingerprint density at radius 3 is 2.45 bits per heavy atom. The average Bonchev–Trinajstić information content (AvgIpc) is 3.13. The summed E-state index contributed by atoms with van der Waals surface area (Å²) in [5.41, 5.74) is 2.74. The molecule has 29 heavy (non-hydrogen) atoms. The highest BCUT2D eigenvalue weighted by Crippen LogP contribution is 2.23. The van der Waals surface area contributed by atoms with Gasteiger partial charge in [0.25, 0.3) is 11.7 Å². The van der Waals surface area contributed by atoms with Crippen LogP contribution in [0.5, 0.6) is 0 Å². The molecule has 0 unspecified atom stereocenters. The van der Waals surface area contributed by atoms with Crippen LogP contribution in [0.3, 0.4) is 0 Å². The summed E-state index contributed by atoms with van der Waals surface area (Å²) in [6, 6.07) is 7.60. The third kappa shape index (κ3) is 4.59. The molecule has 1 amide bonds. The monoisotopic (exact) mass is 395 g/mol. The van der Waals surface area contributed by atoms with Crippen LogP contribution in [0, 0.1) is 0 Å². The maximum absolute atomic E-state index is 12.5. The lowest BCUT2D eigenvalue weighted by Crippen LogP contribution is -2.22. The summed E-state index contributed by atoms with van der Waals surface area (Å²) in [5.74, 6) is -0.652. The molecule has 0 spiro atoms. The first-order valence-electron chi connectivity index (χ1n) is 9.43. The Hall–Kier alpha value is -3.29. The number of rotatable bonds is 5. The zero-order valence-electron chi connectivity index (χ0n) is 17.3. The molecule has 3 aromatic rings. The van der Waals surface area contributed by atoms with Crippen LogP contribution < -0.4 is 5.32 Å². The molecule has 0 bridgehead atoms. The molecular weight excluding hydrogens is 370 g/mol. The molecule has 2 aromatic heterocycles. The van der Waals surface area contributed by atoms with Crippen LogP contribution >= 0.6 is 0 Å². The van der Waals surface area contributed by atoms with Crippen LogP contribution in [-0.4, -0.2) is 38.1 Å². The Labute approximate surface area is 169 Å². The Morgan fingerprint density at radius 1 is 1.14 bits per heavy atom. The van der Waals surface area contributed by atoms with Crippen LogP contribution in [0.2, 0.25) is 0 Å². The molecule has 0 radical (unpaired) electrons. The summed E-state index contributed by atoms with van der Waals surface area (Å²) in [7, 11) is 0. The second-order valence-electron chi connectivity index (χ2n) is 8.14. The fraction of sp³-hybridized carbons (Fsp3) is 0.381. The topological polar surface area (TPSA) is 98.5 Å². The fourth-order valence-electron chi connectivity index (χ4n) is 2.97. The fourth-order valence-corrected chi connectivity index (χ4v) is 2.97. The number of amides is 1. The van der Waals surface area contributed by atoms with E-state index in [-0.39, 0.29) is 16.9 Å². The number of esters is 1. The van der Waals surface area contributed by atoms with Gasteiger partial charge in [0.05, 0.1) is 11.3 Å². The number of nitrogens with zero attached hydrogens (tertiary/aromatic N) is 4. The molecule has 8 nitrogen and oxygen atoms in total. The molecule has 1 N–H and O–H groups in total. The highest BCUT2D eigenvalue weighted by atomic mass is 16.5. The van der Waals surface area contributed by atoms with Gasteiger partial charge in [-0.15, -0.1) is 0 Å². The van der Waals surface area contributed by atoms with E-state index in [4.69, 9.17) is 4.74 Å². The van der Waals surface area contributed by atoms with E-state index < -0.39 is 18.5 Å². The lowest BCUT2D eigenvalue weighted by atomic mass is 9.87. The minimum Gasteiger partial charge on any atom is -0.452 e. The van der Waals surface area contributed by atoms with Gasteiger partial charge in [0.1, 0.15) is 6.33 Å². The quantitative estimate of drug-likeness (QED) is 0.665. The minimum atomic E-state index is -0.628. The molecule has 0 saturated carbocycles. The van der Waals surface area contributed by atoms with E-state index >= 15 is 0 Å². The van der Waals surface area contributed by atoms with Gasteiger partial charge in [-0.3, -0.25) is 4.79 Å². The molecule has 0 atom stereocenters. The number of nitrogens with one attached hydrogen (secondary N) is 1. The molecule has 2 heterocycles. The van der Waals surface area contributed by atoms with Gasteiger partial charge in [-0.25, -0.2) is 14.3 Å². The number of benzene rings is 1. The predicted octanol–water partition coefficient (Wildman–Crippen LogP) is 3.34. The summed E-state index contributed by atoms with van der Waals surface area (Å²) in [5, 5.41) is 6.85. The van der Waals surface area contributed by atoms with Crippen molar-refractivity contribution in [3.63, 3.8) is 0 Å². The van der Waals surface area contributed by atoms with Crippen LogP contribution in [0.15, 0.2) is 36.8 Å². The second-order valence-corrected chi connectivity index (χ2v) is 8.14. The summed E-state index contributed by atoms with van der Waals surface area (Å²) in [6.07, 6.45) is 2.78. The SMILES string of the molecule is CC(C)c1c(C(=O)OCC(=O)Nc2ccc(C(C)(C)C)cc2)cnc2ncnn12. The summed E-state index contributed by atoms with van der Waals surface area (Å²) in [6.45, 7) is 9.83. The van der Waals surface area contributed by atoms with Crippen molar-refractivity contribution in [3.05, 3.63) is 53.6 Å². The molecule has 8 heteroatoms. The molecule has 3 rings (SSSR count). The van der Waals surface area contributed by atoms with Gasteiger partial charge < -0.3 is 10.1 Å². The van der Waals surface area contributed by atoms with Gasteiger partial charge in [0.2, 0.25) is 0 Å². The second kappa shape index (κ2) is 7.98. The first-order valence-corrected chi connectivity index (χ1v) is 9.43. The number of carbonyl (C=O) groups is 2. The largest absolute Gasteiger partial charge is 0.452 e. The molecule has 152 valence electrons. The van der Waals surface area contributed by atoms with E-state index in [1.165, 1.54) is 22.6 Å². The molecule has 0 aliphatic heterocycles. The van der Waals surface area contributed by atoms with E-state index in [2.05, 4.69) is 41.2 Å². The highest BCUT2D eigenvalue weighted by Gasteiger charge is 2.21. The van der Waals surface area contributed by atoms with Gasteiger partial charge in [-0.2, -0.15) is 10.1 Å². The molecule has 0 aliphatic carbocycles. The molecular formula is C21H25N5O3. The average molecular weight is 395 g/mol. The van der Waals surface area contributed by atoms with Gasteiger partial charge in [-0.05, 0) is 29.0 Å². The van der Waals surface area contributed by atoms with Gasteiger partial charge in [-0.1, -0.05) is 46.8 Å². The summed E-state index contributed by atoms with van der Waals surface area (Å²) in [4.78, 5) is 32.9.